The fourth-order valence-corrected chi connectivity index (χ4v) is 3.96. The highest BCUT2D eigenvalue weighted by Crippen LogP contribution is 2.37. The molecule has 2 heterocycles. The molecule has 1 N–H and O–H groups in total. The second-order valence-corrected chi connectivity index (χ2v) is 5.97. The lowest BCUT2D eigenvalue weighted by Gasteiger charge is -2.26. The number of likely N-dealkylation sites (tertiary alicyclic amines) is 1. The summed E-state index contributed by atoms with van der Waals surface area (Å²) in [5.41, 5.74) is 1.15. The van der Waals surface area contributed by atoms with Gasteiger partial charge in [-0.15, -0.1) is 0 Å². The van der Waals surface area contributed by atoms with E-state index in [0.29, 0.717) is 17.8 Å². The van der Waals surface area contributed by atoms with E-state index >= 15 is 0 Å². The van der Waals surface area contributed by atoms with Crippen LogP contribution in [0.2, 0.25) is 0 Å². The molecule has 2 aliphatic heterocycles. The van der Waals surface area contributed by atoms with Gasteiger partial charge in [0.2, 0.25) is 0 Å². The molecular weight excluding hydrogens is 232 g/mol. The minimum absolute atomic E-state index is 0.0988. The number of amides is 2. The Bertz CT molecular complexity index is 409. The summed E-state index contributed by atoms with van der Waals surface area (Å²) < 4.78 is 0. The second-order valence-electron chi connectivity index (χ2n) is 4.64. The highest BCUT2D eigenvalue weighted by atomic mass is 32.2. The van der Waals surface area contributed by atoms with Gasteiger partial charge >= 0.3 is 6.03 Å². The number of hydrogen-bond acceptors (Lipinski definition) is 2. The summed E-state index contributed by atoms with van der Waals surface area (Å²) in [4.78, 5) is 14.0. The fourth-order valence-electron chi connectivity index (χ4n) is 2.52. The smallest absolute Gasteiger partial charge is 0.317 e. The third-order valence-corrected chi connectivity index (χ3v) is 4.84. The molecule has 4 heteroatoms. The summed E-state index contributed by atoms with van der Waals surface area (Å²) in [7, 11) is 0. The monoisotopic (exact) mass is 248 g/mol. The van der Waals surface area contributed by atoms with Crippen molar-refractivity contribution in [1.82, 2.24) is 10.2 Å². The van der Waals surface area contributed by atoms with Crippen LogP contribution in [0.25, 0.3) is 0 Å². The molecule has 3 rings (SSSR count). The molecule has 1 aromatic carbocycles. The molecule has 2 fully saturated rings. The summed E-state index contributed by atoms with van der Waals surface area (Å²) in [5.74, 6) is 1.11. The first-order valence-corrected chi connectivity index (χ1v) is 7.08. The molecule has 17 heavy (non-hydrogen) atoms. The van der Waals surface area contributed by atoms with Crippen molar-refractivity contribution in [2.45, 2.75) is 24.3 Å². The minimum Gasteiger partial charge on any atom is -0.334 e. The Morgan fingerprint density at radius 2 is 2.24 bits per heavy atom. The first-order valence-electron chi connectivity index (χ1n) is 6.03. The van der Waals surface area contributed by atoms with Crippen molar-refractivity contribution in [3.05, 3.63) is 35.9 Å². The first kappa shape index (κ1) is 11.0. The van der Waals surface area contributed by atoms with E-state index in [1.807, 2.05) is 47.0 Å². The van der Waals surface area contributed by atoms with Crippen molar-refractivity contribution >= 4 is 17.8 Å². The normalized spacial score (nSPS) is 26.2. The van der Waals surface area contributed by atoms with Crippen molar-refractivity contribution in [2.75, 3.05) is 12.3 Å². The van der Waals surface area contributed by atoms with Crippen molar-refractivity contribution < 1.29 is 4.79 Å². The predicted octanol–water partition coefficient (Wildman–Crippen LogP) is 2.09. The maximum atomic E-state index is 12.0. The van der Waals surface area contributed by atoms with Gasteiger partial charge in [0, 0.05) is 30.1 Å². The molecule has 2 unspecified atom stereocenters. The van der Waals surface area contributed by atoms with Crippen LogP contribution < -0.4 is 5.32 Å². The molecule has 0 aromatic heterocycles. The fraction of sp³-hybridized carbons (Fsp3) is 0.462. The van der Waals surface area contributed by atoms with Crippen molar-refractivity contribution in [1.29, 1.82) is 0 Å². The summed E-state index contributed by atoms with van der Waals surface area (Å²) >= 11 is 2.01. The van der Waals surface area contributed by atoms with Crippen LogP contribution in [-0.4, -0.2) is 34.5 Å². The number of carbonyl (C=O) groups excluding carboxylic acids is 1. The number of urea groups is 1. The Labute approximate surface area is 106 Å². The van der Waals surface area contributed by atoms with E-state index in [1.165, 1.54) is 6.42 Å². The maximum Gasteiger partial charge on any atom is 0.317 e. The van der Waals surface area contributed by atoms with Gasteiger partial charge in [-0.25, -0.2) is 4.79 Å². The SMILES string of the molecule is O=C(NCc1ccccc1)N1CC2CC1CS2. The molecule has 2 amide bonds. The number of nitrogens with zero attached hydrogens (tertiary/aromatic N) is 1. The average Bonchev–Trinajstić information content (AvgIpc) is 2.99. The molecule has 0 aliphatic carbocycles. The van der Waals surface area contributed by atoms with Crippen LogP contribution in [0.4, 0.5) is 4.79 Å². The van der Waals surface area contributed by atoms with Gasteiger partial charge in [-0.2, -0.15) is 11.8 Å². The van der Waals surface area contributed by atoms with Gasteiger partial charge in [0.05, 0.1) is 0 Å². The number of nitrogens with one attached hydrogen (secondary N) is 1. The van der Waals surface area contributed by atoms with Gasteiger partial charge in [0.15, 0.2) is 0 Å². The maximum absolute atomic E-state index is 12.0. The van der Waals surface area contributed by atoms with Gasteiger partial charge < -0.3 is 10.2 Å². The summed E-state index contributed by atoms with van der Waals surface area (Å²) in [6.45, 7) is 1.55. The van der Waals surface area contributed by atoms with E-state index < -0.39 is 0 Å². The van der Waals surface area contributed by atoms with Gasteiger partial charge in [-0.3, -0.25) is 0 Å². The lowest BCUT2D eigenvalue weighted by atomic mass is 10.2. The number of fused-ring (bicyclic) bond motifs is 2. The van der Waals surface area contributed by atoms with Gasteiger partial charge in [-0.05, 0) is 12.0 Å². The molecule has 2 aliphatic rings. The molecule has 0 radical (unpaired) electrons. The summed E-state index contributed by atoms with van der Waals surface area (Å²) in [6.07, 6.45) is 1.18. The van der Waals surface area contributed by atoms with Crippen molar-refractivity contribution in [3.63, 3.8) is 0 Å². The molecule has 3 nitrogen and oxygen atoms in total. The molecule has 90 valence electrons. The lowest BCUT2D eigenvalue weighted by molar-refractivity contribution is 0.195. The Morgan fingerprint density at radius 1 is 1.41 bits per heavy atom. The molecule has 2 bridgehead atoms. The lowest BCUT2D eigenvalue weighted by Crippen LogP contribution is -2.45. The van der Waals surface area contributed by atoms with Crippen LogP contribution in [0.3, 0.4) is 0 Å². The molecule has 2 saturated heterocycles. The highest BCUT2D eigenvalue weighted by Gasteiger charge is 2.40. The zero-order chi connectivity index (χ0) is 11.7. The van der Waals surface area contributed by atoms with Gasteiger partial charge in [-0.1, -0.05) is 30.3 Å². The van der Waals surface area contributed by atoms with Gasteiger partial charge in [0.25, 0.3) is 0 Å². The average molecular weight is 248 g/mol. The van der Waals surface area contributed by atoms with E-state index in [4.69, 9.17) is 0 Å². The predicted molar refractivity (Wildman–Crippen MR) is 70.0 cm³/mol. The largest absolute Gasteiger partial charge is 0.334 e. The molecule has 1 aromatic rings. The number of carbonyl (C=O) groups is 1. The number of thioether (sulfide) groups is 1. The van der Waals surface area contributed by atoms with E-state index in [0.717, 1.165) is 17.9 Å². The molecule has 0 spiro atoms. The van der Waals surface area contributed by atoms with E-state index in [-0.39, 0.29) is 6.03 Å². The number of rotatable bonds is 2. The third kappa shape index (κ3) is 2.27. The standard InChI is InChI=1S/C13H16N2OS/c16-13(14-7-10-4-2-1-3-5-10)15-8-12-6-11(15)9-17-12/h1-5,11-12H,6-9H2,(H,14,16). The number of hydrogen-bond donors (Lipinski definition) is 1. The quantitative estimate of drug-likeness (QED) is 0.869. The highest BCUT2D eigenvalue weighted by molar-refractivity contribution is 8.00. The van der Waals surface area contributed by atoms with Crippen LogP contribution in [0.5, 0.6) is 0 Å². The summed E-state index contributed by atoms with van der Waals surface area (Å²) in [6, 6.07) is 10.6. The number of benzene rings is 1. The Hall–Kier alpha value is -1.16. The van der Waals surface area contributed by atoms with Crippen LogP contribution in [-0.2, 0) is 6.54 Å². The molecule has 2 atom stereocenters. The van der Waals surface area contributed by atoms with Gasteiger partial charge in [0.1, 0.15) is 0 Å². The zero-order valence-electron chi connectivity index (χ0n) is 9.63. The van der Waals surface area contributed by atoms with Crippen LogP contribution in [0.15, 0.2) is 30.3 Å². The first-order chi connectivity index (χ1) is 8.33. The van der Waals surface area contributed by atoms with E-state index in [1.54, 1.807) is 0 Å². The van der Waals surface area contributed by atoms with Crippen LogP contribution >= 0.6 is 11.8 Å². The van der Waals surface area contributed by atoms with Crippen LogP contribution in [0, 0.1) is 0 Å². The van der Waals surface area contributed by atoms with Crippen molar-refractivity contribution in [2.24, 2.45) is 0 Å². The van der Waals surface area contributed by atoms with E-state index in [9.17, 15) is 4.79 Å². The Morgan fingerprint density at radius 3 is 2.88 bits per heavy atom. The minimum atomic E-state index is 0.0988. The zero-order valence-corrected chi connectivity index (χ0v) is 10.5. The third-order valence-electron chi connectivity index (χ3n) is 3.45. The Kier molecular flexibility index (Phi) is 2.97. The molecular formula is C13H16N2OS. The van der Waals surface area contributed by atoms with E-state index in [2.05, 4.69) is 5.32 Å². The Balaban J connectivity index is 1.54. The molecule has 0 saturated carbocycles. The topological polar surface area (TPSA) is 32.3 Å². The second kappa shape index (κ2) is 4.61. The van der Waals surface area contributed by atoms with Crippen molar-refractivity contribution in [3.8, 4) is 0 Å². The van der Waals surface area contributed by atoms with Crippen LogP contribution in [0.1, 0.15) is 12.0 Å². The summed E-state index contributed by atoms with van der Waals surface area (Å²) in [5, 5.41) is 3.69.